The van der Waals surface area contributed by atoms with Crippen molar-refractivity contribution in [2.45, 2.75) is 29.5 Å². The van der Waals surface area contributed by atoms with Crippen LogP contribution in [-0.4, -0.2) is 47.1 Å². The number of aromatic amines is 1. The zero-order chi connectivity index (χ0) is 34.8. The van der Waals surface area contributed by atoms with Gasteiger partial charge in [-0.05, 0) is 97.8 Å². The maximum absolute atomic E-state index is 14.1. The summed E-state index contributed by atoms with van der Waals surface area (Å²) < 4.78 is 12.0. The molecule has 4 aliphatic rings. The van der Waals surface area contributed by atoms with Crippen LogP contribution < -0.4 is 19.8 Å². The van der Waals surface area contributed by atoms with Gasteiger partial charge in [0, 0.05) is 36.8 Å². The highest BCUT2D eigenvalue weighted by Crippen LogP contribution is 2.69. The normalized spacial score (nSPS) is 26.0. The second kappa shape index (κ2) is 13.0. The number of nitrogens with one attached hydrogen (secondary N) is 2. The fraction of sp³-hybridized carbons (Fsp3) is 0.306. The van der Waals surface area contributed by atoms with Gasteiger partial charge >= 0.3 is 10.8 Å². The van der Waals surface area contributed by atoms with E-state index in [1.54, 1.807) is 67.2 Å². The molecule has 2 aliphatic carbocycles. The van der Waals surface area contributed by atoms with Crippen LogP contribution in [0.4, 0.5) is 11.4 Å². The van der Waals surface area contributed by atoms with Crippen molar-refractivity contribution in [2.24, 2.45) is 29.6 Å². The van der Waals surface area contributed by atoms with Crippen LogP contribution in [0.5, 0.6) is 5.75 Å². The molecule has 2 bridgehead atoms. The molecule has 0 spiro atoms. The highest BCUT2D eigenvalue weighted by Gasteiger charge is 2.69. The van der Waals surface area contributed by atoms with Gasteiger partial charge in [-0.2, -0.15) is 0 Å². The summed E-state index contributed by atoms with van der Waals surface area (Å²) >= 11 is 12.8. The Bertz CT molecular complexity index is 2100. The van der Waals surface area contributed by atoms with Crippen molar-refractivity contribution in [1.82, 2.24) is 4.98 Å². The van der Waals surface area contributed by atoms with E-state index in [-0.39, 0.29) is 58.8 Å². The summed E-state index contributed by atoms with van der Waals surface area (Å²) in [6.45, 7) is 1.68. The minimum atomic E-state index is -0.470. The molecule has 2 aliphatic heterocycles. The smallest absolute Gasteiger partial charge is 0.338 e. The number of benzene rings is 3. The molecule has 3 fully saturated rings. The van der Waals surface area contributed by atoms with Gasteiger partial charge in [-0.25, -0.2) is 4.79 Å². The van der Waals surface area contributed by atoms with Gasteiger partial charge in [0.1, 0.15) is 5.75 Å². The summed E-state index contributed by atoms with van der Waals surface area (Å²) in [5.41, 5.74) is 2.15. The van der Waals surface area contributed by atoms with Gasteiger partial charge in [0.15, 0.2) is 6.61 Å². The molecule has 1 aromatic heterocycles. The quantitative estimate of drug-likeness (QED) is 0.148. The number of nitrogens with zero attached hydrogens (tertiary/aromatic N) is 1. The van der Waals surface area contributed by atoms with Gasteiger partial charge < -0.3 is 19.8 Å². The average Bonchev–Trinajstić information content (AvgIpc) is 3.84. The van der Waals surface area contributed by atoms with Crippen molar-refractivity contribution in [3.8, 4) is 5.75 Å². The fourth-order valence-corrected chi connectivity index (χ4v) is 11.7. The van der Waals surface area contributed by atoms with E-state index in [1.165, 1.54) is 4.90 Å². The van der Waals surface area contributed by atoms with Crippen LogP contribution in [0.15, 0.2) is 81.0 Å². The Balaban J connectivity index is 1.08. The van der Waals surface area contributed by atoms with E-state index in [0.717, 1.165) is 37.7 Å². The lowest BCUT2D eigenvalue weighted by molar-refractivity contribution is -0.123. The van der Waals surface area contributed by atoms with E-state index in [0.29, 0.717) is 27.7 Å². The molecule has 10 nitrogen and oxygen atoms in total. The minimum absolute atomic E-state index is 0.0293. The summed E-state index contributed by atoms with van der Waals surface area (Å²) in [5, 5.41) is 3.98. The maximum Gasteiger partial charge on any atom is 0.338 e. The van der Waals surface area contributed by atoms with Crippen LogP contribution in [0.25, 0.3) is 0 Å². The summed E-state index contributed by atoms with van der Waals surface area (Å²) in [6, 6.07) is 18.8. The number of esters is 1. The number of rotatable bonds is 8. The number of hydrogen-bond acceptors (Lipinski definition) is 9. The number of ether oxygens (including phenoxy) is 2. The second-order valence-corrected chi connectivity index (χ2v) is 16.3. The van der Waals surface area contributed by atoms with Crippen molar-refractivity contribution in [2.75, 3.05) is 23.4 Å². The Labute approximate surface area is 308 Å². The van der Waals surface area contributed by atoms with Crippen LogP contribution in [0.3, 0.4) is 0 Å². The molecule has 7 atom stereocenters. The lowest BCUT2D eigenvalue weighted by atomic mass is 9.68. The number of anilines is 2. The number of carbonyl (C=O) groups excluding carboxylic acids is 4. The van der Waals surface area contributed by atoms with Gasteiger partial charge in [-0.3, -0.25) is 24.1 Å². The highest BCUT2D eigenvalue weighted by molar-refractivity contribution is 9.10. The molecular formula is C36H29BrClN3O7S2. The Morgan fingerprint density at radius 1 is 1.00 bits per heavy atom. The highest BCUT2D eigenvalue weighted by atomic mass is 79.9. The summed E-state index contributed by atoms with van der Waals surface area (Å²) in [5.74, 6) is -2.26. The number of thioether (sulfide) groups is 1. The van der Waals surface area contributed by atoms with E-state index < -0.39 is 23.7 Å². The zero-order valence-corrected chi connectivity index (χ0v) is 30.4. The second-order valence-electron chi connectivity index (χ2n) is 12.8. The van der Waals surface area contributed by atoms with Crippen molar-refractivity contribution < 1.29 is 28.7 Å². The number of halogens is 2. The monoisotopic (exact) mass is 793 g/mol. The van der Waals surface area contributed by atoms with E-state index in [1.807, 2.05) is 18.2 Å². The van der Waals surface area contributed by atoms with Crippen molar-refractivity contribution in [3.63, 3.8) is 0 Å². The molecule has 50 heavy (non-hydrogen) atoms. The Hall–Kier alpha value is -3.91. The standard InChI is InChI=1S/C36H29BrClN3O7S2/c1-2-47-35(45)16-3-8-19(9-4-16)39-25(42)15-48-24-12-7-18(38)13-21(24)26-27-22-14-23(30(27)49-32-31(26)50-36(46)40-32)29-28(22)33(43)41(34(29)44)20-10-5-17(37)6-11-20/h3-13,22-23,26-30H,2,14-15H2,1H3,(H,39,42)(H,40,46)/t22-,23-,26-,27?,28?,29?,30?/m1/s1. The molecule has 2 saturated carbocycles. The first-order valence-electron chi connectivity index (χ1n) is 16.1. The Morgan fingerprint density at radius 3 is 2.44 bits per heavy atom. The number of carbonyl (C=O) groups is 4. The molecule has 256 valence electrons. The van der Waals surface area contributed by atoms with Gasteiger partial charge in [0.2, 0.25) is 11.8 Å². The SMILES string of the molecule is CCOC(=O)c1ccc(NC(=O)COc2ccc(Cl)cc2[C@H]2c3sc(=O)[nH]c3SC3C2[C@H]2C[C@@H]3C3C(=O)N(c4ccc(Br)cc4)C(=O)C32)cc1. The molecule has 8 rings (SSSR count). The number of imide groups is 1. The van der Waals surface area contributed by atoms with Crippen LogP contribution >= 0.6 is 50.6 Å². The first-order chi connectivity index (χ1) is 24.1. The molecule has 4 unspecified atom stereocenters. The number of aromatic nitrogens is 1. The number of hydrogen-bond donors (Lipinski definition) is 2. The summed E-state index contributed by atoms with van der Waals surface area (Å²) in [6.07, 6.45) is 0.729. The molecule has 4 aromatic rings. The van der Waals surface area contributed by atoms with Crippen molar-refractivity contribution >= 4 is 85.7 Å². The summed E-state index contributed by atoms with van der Waals surface area (Å²) in [7, 11) is 0. The van der Waals surface area contributed by atoms with Crippen molar-refractivity contribution in [1.29, 1.82) is 0 Å². The van der Waals surface area contributed by atoms with E-state index in [4.69, 9.17) is 21.1 Å². The third-order valence-corrected chi connectivity index (χ3v) is 13.5. The predicted molar refractivity (Wildman–Crippen MR) is 193 cm³/mol. The van der Waals surface area contributed by atoms with E-state index >= 15 is 0 Å². The molecule has 3 heterocycles. The third kappa shape index (κ3) is 5.58. The number of amides is 3. The third-order valence-electron chi connectivity index (χ3n) is 10.2. The lowest BCUT2D eigenvalue weighted by Crippen LogP contribution is -2.42. The average molecular weight is 795 g/mol. The van der Waals surface area contributed by atoms with Gasteiger partial charge in [0.05, 0.1) is 34.7 Å². The van der Waals surface area contributed by atoms with Crippen molar-refractivity contribution in [3.05, 3.63) is 102 Å². The van der Waals surface area contributed by atoms with Gasteiger partial charge in [-0.15, -0.1) is 11.8 Å². The maximum atomic E-state index is 14.1. The zero-order valence-electron chi connectivity index (χ0n) is 26.4. The molecular weight excluding hydrogens is 766 g/mol. The van der Waals surface area contributed by atoms with Crippen LogP contribution in [0, 0.1) is 29.6 Å². The lowest BCUT2D eigenvalue weighted by Gasteiger charge is -2.43. The summed E-state index contributed by atoms with van der Waals surface area (Å²) in [4.78, 5) is 70.8. The molecule has 0 radical (unpaired) electrons. The largest absolute Gasteiger partial charge is 0.483 e. The fourth-order valence-electron chi connectivity index (χ4n) is 8.35. The Morgan fingerprint density at radius 2 is 1.72 bits per heavy atom. The molecule has 1 saturated heterocycles. The molecule has 3 amide bonds. The van der Waals surface area contributed by atoms with Crippen LogP contribution in [0.1, 0.15) is 40.1 Å². The first-order valence-corrected chi connectivity index (χ1v) is 19.0. The number of thiazole rings is 1. The number of fused-ring (bicyclic) bond motifs is 9. The first kappa shape index (κ1) is 33.2. The Kier molecular flexibility index (Phi) is 8.65. The predicted octanol–water partition coefficient (Wildman–Crippen LogP) is 6.72. The molecule has 2 N–H and O–H groups in total. The van der Waals surface area contributed by atoms with Crippen LogP contribution in [0.2, 0.25) is 5.02 Å². The minimum Gasteiger partial charge on any atom is -0.483 e. The number of H-pyrrole nitrogens is 1. The van der Waals surface area contributed by atoms with E-state index in [9.17, 15) is 24.0 Å². The van der Waals surface area contributed by atoms with Crippen LogP contribution in [-0.2, 0) is 19.1 Å². The molecule has 14 heteroatoms. The topological polar surface area (TPSA) is 135 Å². The van der Waals surface area contributed by atoms with Gasteiger partial charge in [-0.1, -0.05) is 38.9 Å². The molecule has 3 aromatic carbocycles. The van der Waals surface area contributed by atoms with E-state index in [2.05, 4.69) is 26.2 Å². The van der Waals surface area contributed by atoms with Gasteiger partial charge in [0.25, 0.3) is 5.91 Å².